The minimum absolute atomic E-state index is 0.910. The lowest BCUT2D eigenvalue weighted by atomic mass is 10.2. The molecule has 16 heavy (non-hydrogen) atoms. The minimum Gasteiger partial charge on any atom is -0.359 e. The molecule has 0 unspecified atom stereocenters. The number of aromatic nitrogens is 1. The number of hydrogen-bond acceptors (Lipinski definition) is 3. The SMILES string of the molecule is CCNCc1ccc(N(C)CC2CC2)nc1. The molecule has 0 aliphatic heterocycles. The molecule has 0 saturated heterocycles. The Morgan fingerprint density at radius 1 is 1.44 bits per heavy atom. The van der Waals surface area contributed by atoms with Gasteiger partial charge in [0, 0.05) is 26.3 Å². The monoisotopic (exact) mass is 219 g/mol. The largest absolute Gasteiger partial charge is 0.359 e. The van der Waals surface area contributed by atoms with Crippen LogP contribution in [0.1, 0.15) is 25.3 Å². The molecule has 1 aliphatic rings. The molecule has 0 radical (unpaired) electrons. The molecule has 2 rings (SSSR count). The molecule has 0 bridgehead atoms. The third-order valence-corrected chi connectivity index (χ3v) is 3.01. The van der Waals surface area contributed by atoms with Crippen molar-refractivity contribution in [3.05, 3.63) is 23.9 Å². The molecule has 88 valence electrons. The summed E-state index contributed by atoms with van der Waals surface area (Å²) in [5.41, 5.74) is 1.26. The topological polar surface area (TPSA) is 28.2 Å². The van der Waals surface area contributed by atoms with Gasteiger partial charge in [-0.05, 0) is 36.9 Å². The van der Waals surface area contributed by atoms with E-state index in [1.807, 2.05) is 6.20 Å². The summed E-state index contributed by atoms with van der Waals surface area (Å²) in [4.78, 5) is 6.76. The molecule has 1 heterocycles. The lowest BCUT2D eigenvalue weighted by Gasteiger charge is -2.17. The van der Waals surface area contributed by atoms with E-state index in [2.05, 4.69) is 41.3 Å². The van der Waals surface area contributed by atoms with Crippen molar-refractivity contribution < 1.29 is 0 Å². The van der Waals surface area contributed by atoms with Crippen LogP contribution in [0.5, 0.6) is 0 Å². The molecule has 1 aromatic heterocycles. The molecule has 0 amide bonds. The molecule has 1 aromatic rings. The van der Waals surface area contributed by atoms with Crippen molar-refractivity contribution in [2.45, 2.75) is 26.3 Å². The molecule has 0 aromatic carbocycles. The van der Waals surface area contributed by atoms with E-state index >= 15 is 0 Å². The van der Waals surface area contributed by atoms with Crippen LogP contribution >= 0.6 is 0 Å². The van der Waals surface area contributed by atoms with E-state index in [-0.39, 0.29) is 0 Å². The van der Waals surface area contributed by atoms with Gasteiger partial charge in [-0.15, -0.1) is 0 Å². The van der Waals surface area contributed by atoms with E-state index in [1.54, 1.807) is 0 Å². The predicted octanol–water partition coefficient (Wildman–Crippen LogP) is 2.04. The Morgan fingerprint density at radius 2 is 2.25 bits per heavy atom. The lowest BCUT2D eigenvalue weighted by molar-refractivity contribution is 0.722. The Bertz CT molecular complexity index is 316. The number of nitrogens with zero attached hydrogens (tertiary/aromatic N) is 2. The van der Waals surface area contributed by atoms with Crippen molar-refractivity contribution in [1.29, 1.82) is 0 Å². The molecule has 1 saturated carbocycles. The van der Waals surface area contributed by atoms with Crippen LogP contribution in [0.2, 0.25) is 0 Å². The number of hydrogen-bond donors (Lipinski definition) is 1. The second kappa shape index (κ2) is 5.30. The fourth-order valence-electron chi connectivity index (χ4n) is 1.80. The molecular formula is C13H21N3. The fraction of sp³-hybridized carbons (Fsp3) is 0.615. The standard InChI is InChI=1S/C13H21N3/c1-3-14-8-12-6-7-13(15-9-12)16(2)10-11-4-5-11/h6-7,9,11,14H,3-5,8,10H2,1-2H3. The highest BCUT2D eigenvalue weighted by molar-refractivity contribution is 5.38. The molecule has 0 spiro atoms. The highest BCUT2D eigenvalue weighted by atomic mass is 15.2. The van der Waals surface area contributed by atoms with Crippen LogP contribution in [-0.4, -0.2) is 25.1 Å². The summed E-state index contributed by atoms with van der Waals surface area (Å²) in [6.45, 7) is 5.18. The molecule has 1 aliphatic carbocycles. The maximum Gasteiger partial charge on any atom is 0.128 e. The molecule has 1 fully saturated rings. The number of rotatable bonds is 6. The van der Waals surface area contributed by atoms with E-state index in [0.717, 1.165) is 31.4 Å². The number of pyridine rings is 1. The summed E-state index contributed by atoms with van der Waals surface area (Å²) < 4.78 is 0. The van der Waals surface area contributed by atoms with Gasteiger partial charge in [0.05, 0.1) is 0 Å². The van der Waals surface area contributed by atoms with Gasteiger partial charge in [0.25, 0.3) is 0 Å². The van der Waals surface area contributed by atoms with Crippen LogP contribution in [-0.2, 0) is 6.54 Å². The maximum absolute atomic E-state index is 4.50. The molecule has 0 atom stereocenters. The second-order valence-corrected chi connectivity index (χ2v) is 4.63. The number of nitrogens with one attached hydrogen (secondary N) is 1. The average molecular weight is 219 g/mol. The van der Waals surface area contributed by atoms with Gasteiger partial charge < -0.3 is 10.2 Å². The smallest absolute Gasteiger partial charge is 0.128 e. The van der Waals surface area contributed by atoms with Crippen molar-refractivity contribution in [3.8, 4) is 0 Å². The summed E-state index contributed by atoms with van der Waals surface area (Å²) >= 11 is 0. The van der Waals surface area contributed by atoms with Crippen LogP contribution in [0, 0.1) is 5.92 Å². The molecule has 1 N–H and O–H groups in total. The molecular weight excluding hydrogens is 198 g/mol. The van der Waals surface area contributed by atoms with E-state index in [9.17, 15) is 0 Å². The van der Waals surface area contributed by atoms with Gasteiger partial charge in [-0.2, -0.15) is 0 Å². The first-order valence-corrected chi connectivity index (χ1v) is 6.16. The summed E-state index contributed by atoms with van der Waals surface area (Å²) in [5.74, 6) is 2.00. The van der Waals surface area contributed by atoms with Gasteiger partial charge in [0.15, 0.2) is 0 Å². The van der Waals surface area contributed by atoms with Gasteiger partial charge in [-0.1, -0.05) is 13.0 Å². The first kappa shape index (κ1) is 11.4. The first-order valence-electron chi connectivity index (χ1n) is 6.16. The van der Waals surface area contributed by atoms with Crippen LogP contribution in [0.15, 0.2) is 18.3 Å². The third kappa shape index (κ3) is 3.20. The van der Waals surface area contributed by atoms with Crippen LogP contribution in [0.25, 0.3) is 0 Å². The van der Waals surface area contributed by atoms with Gasteiger partial charge in [0.2, 0.25) is 0 Å². The Balaban J connectivity index is 1.89. The van der Waals surface area contributed by atoms with E-state index in [0.29, 0.717) is 0 Å². The molecule has 3 heteroatoms. The zero-order valence-corrected chi connectivity index (χ0v) is 10.2. The van der Waals surface area contributed by atoms with E-state index in [1.165, 1.54) is 18.4 Å². The summed E-state index contributed by atoms with van der Waals surface area (Å²) in [7, 11) is 2.13. The van der Waals surface area contributed by atoms with E-state index < -0.39 is 0 Å². The normalized spacial score (nSPS) is 15.1. The number of anilines is 1. The Labute approximate surface area is 97.9 Å². The zero-order chi connectivity index (χ0) is 11.4. The van der Waals surface area contributed by atoms with Gasteiger partial charge in [-0.25, -0.2) is 4.98 Å². The van der Waals surface area contributed by atoms with Crippen LogP contribution in [0.3, 0.4) is 0 Å². The minimum atomic E-state index is 0.910. The van der Waals surface area contributed by atoms with E-state index in [4.69, 9.17) is 0 Å². The van der Waals surface area contributed by atoms with Crippen molar-refractivity contribution in [3.63, 3.8) is 0 Å². The summed E-state index contributed by atoms with van der Waals surface area (Å²) in [5, 5.41) is 3.30. The maximum atomic E-state index is 4.50. The second-order valence-electron chi connectivity index (χ2n) is 4.63. The Hall–Kier alpha value is -1.09. The Morgan fingerprint density at radius 3 is 2.81 bits per heavy atom. The van der Waals surface area contributed by atoms with Gasteiger partial charge >= 0.3 is 0 Å². The summed E-state index contributed by atoms with van der Waals surface area (Å²) in [6.07, 6.45) is 4.76. The summed E-state index contributed by atoms with van der Waals surface area (Å²) in [6, 6.07) is 4.28. The van der Waals surface area contributed by atoms with Gasteiger partial charge in [0.1, 0.15) is 5.82 Å². The fourth-order valence-corrected chi connectivity index (χ4v) is 1.80. The quantitative estimate of drug-likeness (QED) is 0.793. The average Bonchev–Trinajstić information content (AvgIpc) is 3.11. The predicted molar refractivity (Wildman–Crippen MR) is 67.6 cm³/mol. The van der Waals surface area contributed by atoms with Crippen molar-refractivity contribution in [2.24, 2.45) is 5.92 Å². The lowest BCUT2D eigenvalue weighted by Crippen LogP contribution is -2.21. The Kier molecular flexibility index (Phi) is 3.78. The van der Waals surface area contributed by atoms with Crippen molar-refractivity contribution in [1.82, 2.24) is 10.3 Å². The van der Waals surface area contributed by atoms with Crippen LogP contribution in [0.4, 0.5) is 5.82 Å². The highest BCUT2D eigenvalue weighted by Crippen LogP contribution is 2.30. The van der Waals surface area contributed by atoms with Crippen LogP contribution < -0.4 is 10.2 Å². The van der Waals surface area contributed by atoms with Crippen molar-refractivity contribution >= 4 is 5.82 Å². The molecule has 3 nitrogen and oxygen atoms in total. The third-order valence-electron chi connectivity index (χ3n) is 3.01. The highest BCUT2D eigenvalue weighted by Gasteiger charge is 2.23. The van der Waals surface area contributed by atoms with Crippen molar-refractivity contribution in [2.75, 3.05) is 25.0 Å². The zero-order valence-electron chi connectivity index (χ0n) is 10.2. The van der Waals surface area contributed by atoms with Gasteiger partial charge in [-0.3, -0.25) is 0 Å². The first-order chi connectivity index (χ1) is 7.79.